The van der Waals surface area contributed by atoms with E-state index in [1.54, 1.807) is 14.2 Å². The van der Waals surface area contributed by atoms with Gasteiger partial charge in [-0.25, -0.2) is 0 Å². The summed E-state index contributed by atoms with van der Waals surface area (Å²) in [5.74, 6) is 2.26. The summed E-state index contributed by atoms with van der Waals surface area (Å²) in [7, 11) is 3.38. The number of ether oxygens (including phenoxy) is 2. The molecule has 0 saturated carbocycles. The van der Waals surface area contributed by atoms with Crippen molar-refractivity contribution >= 4 is 0 Å². The molecule has 2 heterocycles. The third-order valence-corrected chi connectivity index (χ3v) is 4.44. The van der Waals surface area contributed by atoms with Gasteiger partial charge in [0.2, 0.25) is 0 Å². The fraction of sp³-hybridized carbons (Fsp3) is 0.471. The quantitative estimate of drug-likeness (QED) is 0.922. The van der Waals surface area contributed by atoms with E-state index >= 15 is 0 Å². The highest BCUT2D eigenvalue weighted by Crippen LogP contribution is 2.31. The van der Waals surface area contributed by atoms with E-state index in [1.165, 1.54) is 23.2 Å². The van der Waals surface area contributed by atoms with Gasteiger partial charge in [-0.1, -0.05) is 6.07 Å². The molecule has 1 unspecified atom stereocenters. The second-order valence-corrected chi connectivity index (χ2v) is 5.87. The first kappa shape index (κ1) is 14.9. The van der Waals surface area contributed by atoms with E-state index in [-0.39, 0.29) is 0 Å². The van der Waals surface area contributed by atoms with Crippen LogP contribution < -0.4 is 9.47 Å². The van der Waals surface area contributed by atoms with E-state index in [1.807, 2.05) is 18.3 Å². The highest BCUT2D eigenvalue weighted by atomic mass is 16.5. The smallest absolute Gasteiger partial charge is 0.127 e. The van der Waals surface area contributed by atoms with Crippen molar-refractivity contribution in [2.45, 2.75) is 25.8 Å². The standard InChI is InChI=1S/C17H23N3O2/c1-12-9-18-19-17(12)14-6-7-20(11-14)10-13-4-5-15(21-2)8-16(13)22-3/h4-5,8-9,14H,6-7,10-11H2,1-3H3,(H,18,19). The Bertz CT molecular complexity index is 639. The summed E-state index contributed by atoms with van der Waals surface area (Å²) in [6.45, 7) is 5.17. The van der Waals surface area contributed by atoms with Crippen LogP contribution in [0.4, 0.5) is 0 Å². The lowest BCUT2D eigenvalue weighted by Gasteiger charge is -2.18. The molecule has 0 aliphatic carbocycles. The molecule has 5 heteroatoms. The summed E-state index contributed by atoms with van der Waals surface area (Å²) in [6.07, 6.45) is 3.08. The lowest BCUT2D eigenvalue weighted by molar-refractivity contribution is 0.315. The minimum Gasteiger partial charge on any atom is -0.497 e. The molecule has 0 radical (unpaired) electrons. The van der Waals surface area contributed by atoms with Crippen molar-refractivity contribution in [3.63, 3.8) is 0 Å². The summed E-state index contributed by atoms with van der Waals surface area (Å²) < 4.78 is 10.7. The number of aromatic nitrogens is 2. The Morgan fingerprint density at radius 2 is 2.18 bits per heavy atom. The molecule has 2 aromatic rings. The first-order valence-electron chi connectivity index (χ1n) is 7.64. The van der Waals surface area contributed by atoms with E-state index < -0.39 is 0 Å². The summed E-state index contributed by atoms with van der Waals surface area (Å²) in [5.41, 5.74) is 3.74. The monoisotopic (exact) mass is 301 g/mol. The van der Waals surface area contributed by atoms with Gasteiger partial charge in [-0.2, -0.15) is 5.10 Å². The largest absolute Gasteiger partial charge is 0.497 e. The van der Waals surface area contributed by atoms with E-state index in [9.17, 15) is 0 Å². The van der Waals surface area contributed by atoms with Gasteiger partial charge in [-0.05, 0) is 31.5 Å². The van der Waals surface area contributed by atoms with Crippen LogP contribution in [0.5, 0.6) is 11.5 Å². The van der Waals surface area contributed by atoms with Crippen LogP contribution in [0.2, 0.25) is 0 Å². The Hall–Kier alpha value is -2.01. The van der Waals surface area contributed by atoms with E-state index in [4.69, 9.17) is 9.47 Å². The van der Waals surface area contributed by atoms with E-state index in [0.717, 1.165) is 31.1 Å². The summed E-state index contributed by atoms with van der Waals surface area (Å²) in [5, 5.41) is 7.30. The number of nitrogens with zero attached hydrogens (tertiary/aromatic N) is 2. The average molecular weight is 301 g/mol. The third-order valence-electron chi connectivity index (χ3n) is 4.44. The first-order valence-corrected chi connectivity index (χ1v) is 7.64. The average Bonchev–Trinajstić information content (AvgIpc) is 3.16. The molecule has 1 saturated heterocycles. The Labute approximate surface area is 131 Å². The van der Waals surface area contributed by atoms with Crippen molar-refractivity contribution in [1.82, 2.24) is 15.1 Å². The minimum atomic E-state index is 0.548. The Kier molecular flexibility index (Phi) is 4.34. The molecule has 1 fully saturated rings. The molecule has 0 spiro atoms. The van der Waals surface area contributed by atoms with Gasteiger partial charge in [-0.15, -0.1) is 0 Å². The zero-order valence-electron chi connectivity index (χ0n) is 13.4. The normalized spacial score (nSPS) is 18.6. The van der Waals surface area contributed by atoms with Crippen molar-refractivity contribution in [1.29, 1.82) is 0 Å². The lowest BCUT2D eigenvalue weighted by Crippen LogP contribution is -2.20. The predicted octanol–water partition coefficient (Wildman–Crippen LogP) is 2.72. The third kappa shape index (κ3) is 2.95. The van der Waals surface area contributed by atoms with Crippen molar-refractivity contribution < 1.29 is 9.47 Å². The summed E-state index contributed by atoms with van der Waals surface area (Å²) in [6, 6.07) is 6.03. The van der Waals surface area contributed by atoms with Crippen molar-refractivity contribution in [2.75, 3.05) is 27.3 Å². The molecule has 118 valence electrons. The van der Waals surface area contributed by atoms with E-state index in [0.29, 0.717) is 5.92 Å². The molecule has 1 aromatic heterocycles. The second kappa shape index (κ2) is 6.40. The van der Waals surface area contributed by atoms with Crippen LogP contribution in [0.3, 0.4) is 0 Å². The van der Waals surface area contributed by atoms with Gasteiger partial charge >= 0.3 is 0 Å². The first-order chi connectivity index (χ1) is 10.7. The van der Waals surface area contributed by atoms with Crippen LogP contribution >= 0.6 is 0 Å². The van der Waals surface area contributed by atoms with Crippen LogP contribution in [-0.2, 0) is 6.54 Å². The SMILES string of the molecule is COc1ccc(CN2CCC(c3[nH]ncc3C)C2)c(OC)c1. The van der Waals surface area contributed by atoms with Crippen LogP contribution in [0, 0.1) is 6.92 Å². The van der Waals surface area contributed by atoms with Gasteiger partial charge in [0.05, 0.1) is 20.4 Å². The number of aromatic amines is 1. The number of rotatable bonds is 5. The topological polar surface area (TPSA) is 50.4 Å². The minimum absolute atomic E-state index is 0.548. The molecular weight excluding hydrogens is 278 g/mol. The molecule has 0 bridgehead atoms. The molecule has 1 atom stereocenters. The van der Waals surface area contributed by atoms with Gasteiger partial charge in [0.1, 0.15) is 11.5 Å². The molecule has 5 nitrogen and oxygen atoms in total. The zero-order valence-corrected chi connectivity index (χ0v) is 13.4. The van der Waals surface area contributed by atoms with Gasteiger partial charge in [0, 0.05) is 36.3 Å². The van der Waals surface area contributed by atoms with Crippen molar-refractivity contribution in [3.8, 4) is 11.5 Å². The molecular formula is C17H23N3O2. The van der Waals surface area contributed by atoms with Crippen LogP contribution in [0.25, 0.3) is 0 Å². The fourth-order valence-corrected chi connectivity index (χ4v) is 3.20. The number of likely N-dealkylation sites (tertiary alicyclic amines) is 1. The summed E-state index contributed by atoms with van der Waals surface area (Å²) in [4.78, 5) is 2.47. The number of hydrogen-bond acceptors (Lipinski definition) is 4. The number of benzene rings is 1. The molecule has 3 rings (SSSR count). The molecule has 22 heavy (non-hydrogen) atoms. The lowest BCUT2D eigenvalue weighted by atomic mass is 10.0. The van der Waals surface area contributed by atoms with Crippen LogP contribution in [-0.4, -0.2) is 42.4 Å². The van der Waals surface area contributed by atoms with Gasteiger partial charge < -0.3 is 9.47 Å². The maximum Gasteiger partial charge on any atom is 0.127 e. The Balaban J connectivity index is 1.69. The number of nitrogens with one attached hydrogen (secondary N) is 1. The van der Waals surface area contributed by atoms with Gasteiger partial charge in [-0.3, -0.25) is 10.00 Å². The maximum atomic E-state index is 5.49. The summed E-state index contributed by atoms with van der Waals surface area (Å²) >= 11 is 0. The highest BCUT2D eigenvalue weighted by Gasteiger charge is 2.26. The molecule has 1 aliphatic rings. The van der Waals surface area contributed by atoms with Crippen LogP contribution in [0.1, 0.15) is 29.2 Å². The number of aryl methyl sites for hydroxylation is 1. The van der Waals surface area contributed by atoms with Crippen molar-refractivity contribution in [2.24, 2.45) is 0 Å². The van der Waals surface area contributed by atoms with Gasteiger partial charge in [0.25, 0.3) is 0 Å². The van der Waals surface area contributed by atoms with Crippen LogP contribution in [0.15, 0.2) is 24.4 Å². The zero-order chi connectivity index (χ0) is 15.5. The Morgan fingerprint density at radius 3 is 2.86 bits per heavy atom. The number of methoxy groups -OCH3 is 2. The maximum absolute atomic E-state index is 5.49. The highest BCUT2D eigenvalue weighted by molar-refractivity contribution is 5.40. The van der Waals surface area contributed by atoms with E-state index in [2.05, 4.69) is 28.1 Å². The second-order valence-electron chi connectivity index (χ2n) is 5.87. The fourth-order valence-electron chi connectivity index (χ4n) is 3.20. The molecule has 1 N–H and O–H groups in total. The molecule has 1 aromatic carbocycles. The van der Waals surface area contributed by atoms with Gasteiger partial charge in [0.15, 0.2) is 0 Å². The number of H-pyrrole nitrogens is 1. The predicted molar refractivity (Wildman–Crippen MR) is 85.5 cm³/mol. The van der Waals surface area contributed by atoms with Crippen molar-refractivity contribution in [3.05, 3.63) is 41.2 Å². The Morgan fingerprint density at radius 1 is 1.32 bits per heavy atom. The number of hydrogen-bond donors (Lipinski definition) is 1. The molecule has 1 aliphatic heterocycles. The molecule has 0 amide bonds.